The van der Waals surface area contributed by atoms with Crippen LogP contribution < -0.4 is 5.32 Å². The second kappa shape index (κ2) is 8.72. The van der Waals surface area contributed by atoms with E-state index in [-0.39, 0.29) is 22.3 Å². The number of phenolic OH excluding ortho intramolecular Hbond substituents is 1. The molecule has 2 aromatic rings. The molecule has 5 nitrogen and oxygen atoms in total. The van der Waals surface area contributed by atoms with Gasteiger partial charge in [0.15, 0.2) is 6.10 Å². The van der Waals surface area contributed by atoms with Gasteiger partial charge in [-0.15, -0.1) is 0 Å². The van der Waals surface area contributed by atoms with Crippen LogP contribution in [-0.2, 0) is 9.53 Å². The van der Waals surface area contributed by atoms with Crippen LogP contribution >= 0.6 is 11.6 Å². The van der Waals surface area contributed by atoms with E-state index in [1.165, 1.54) is 25.1 Å². The van der Waals surface area contributed by atoms with E-state index in [1.807, 2.05) is 24.3 Å². The minimum atomic E-state index is -1.04. The molecule has 0 saturated carbocycles. The van der Waals surface area contributed by atoms with E-state index in [2.05, 4.69) is 19.2 Å². The Kier molecular flexibility index (Phi) is 6.64. The number of para-hydroxylation sites is 1. The summed E-state index contributed by atoms with van der Waals surface area (Å²) in [5, 5.41) is 12.8. The number of halogens is 1. The van der Waals surface area contributed by atoms with Crippen LogP contribution in [0, 0.1) is 0 Å². The third-order valence-corrected chi connectivity index (χ3v) is 4.43. The number of phenols is 1. The minimum Gasteiger partial charge on any atom is -0.507 e. The van der Waals surface area contributed by atoms with Gasteiger partial charge in [0.05, 0.1) is 0 Å². The fraction of sp³-hybridized carbons (Fsp3) is 0.300. The summed E-state index contributed by atoms with van der Waals surface area (Å²) in [6, 6.07) is 11.6. The first kappa shape index (κ1) is 19.8. The Morgan fingerprint density at radius 2 is 1.88 bits per heavy atom. The van der Waals surface area contributed by atoms with E-state index < -0.39 is 18.0 Å². The monoisotopic (exact) mass is 375 g/mol. The van der Waals surface area contributed by atoms with E-state index in [4.69, 9.17) is 16.3 Å². The van der Waals surface area contributed by atoms with E-state index >= 15 is 0 Å². The fourth-order valence-electron chi connectivity index (χ4n) is 2.44. The molecule has 0 aliphatic carbocycles. The van der Waals surface area contributed by atoms with Gasteiger partial charge in [0, 0.05) is 10.7 Å². The van der Waals surface area contributed by atoms with E-state index in [0.29, 0.717) is 5.69 Å². The van der Waals surface area contributed by atoms with Crippen LogP contribution in [0.15, 0.2) is 42.5 Å². The molecule has 0 aliphatic rings. The Hall–Kier alpha value is -2.53. The fourth-order valence-corrected chi connectivity index (χ4v) is 2.62. The Morgan fingerprint density at radius 3 is 2.58 bits per heavy atom. The molecule has 2 atom stereocenters. The zero-order chi connectivity index (χ0) is 19.3. The molecule has 0 unspecified atom stereocenters. The number of carbonyl (C=O) groups excluding carboxylic acids is 2. The first-order chi connectivity index (χ1) is 12.3. The first-order valence-corrected chi connectivity index (χ1v) is 8.80. The van der Waals surface area contributed by atoms with E-state index in [1.54, 1.807) is 0 Å². The standard InChI is InChI=1S/C20H22ClNO4/c1-4-12(2)15-7-5-6-8-17(15)22-19(24)13(3)26-20(25)16-11-14(21)9-10-18(16)23/h5-13,23H,4H2,1-3H3,(H,22,24)/t12-,13-/m1/s1. The number of rotatable bonds is 6. The molecule has 6 heteroatoms. The molecule has 0 fully saturated rings. The van der Waals surface area contributed by atoms with Crippen LogP contribution in [-0.4, -0.2) is 23.1 Å². The summed E-state index contributed by atoms with van der Waals surface area (Å²) in [6.45, 7) is 5.63. The highest BCUT2D eigenvalue weighted by molar-refractivity contribution is 6.31. The molecule has 26 heavy (non-hydrogen) atoms. The second-order valence-electron chi connectivity index (χ2n) is 6.09. The molecule has 138 valence electrons. The summed E-state index contributed by atoms with van der Waals surface area (Å²) >= 11 is 5.83. The van der Waals surface area contributed by atoms with Crippen molar-refractivity contribution in [2.24, 2.45) is 0 Å². The maximum atomic E-state index is 12.4. The molecule has 0 heterocycles. The topological polar surface area (TPSA) is 75.6 Å². The average Bonchev–Trinajstić information content (AvgIpc) is 2.63. The van der Waals surface area contributed by atoms with Crippen molar-refractivity contribution in [1.29, 1.82) is 0 Å². The summed E-state index contributed by atoms with van der Waals surface area (Å²) in [4.78, 5) is 24.6. The minimum absolute atomic E-state index is 0.0860. The van der Waals surface area contributed by atoms with Gasteiger partial charge in [-0.1, -0.05) is 43.6 Å². The largest absolute Gasteiger partial charge is 0.507 e. The molecular weight excluding hydrogens is 354 g/mol. The molecule has 0 aliphatic heterocycles. The summed E-state index contributed by atoms with van der Waals surface area (Å²) in [6.07, 6.45) is -0.100. The van der Waals surface area contributed by atoms with Gasteiger partial charge in [-0.2, -0.15) is 0 Å². The number of hydrogen-bond donors (Lipinski definition) is 2. The van der Waals surface area contributed by atoms with Gasteiger partial charge < -0.3 is 15.2 Å². The predicted molar refractivity (Wildman–Crippen MR) is 102 cm³/mol. The summed E-state index contributed by atoms with van der Waals surface area (Å²) in [5.74, 6) is -1.24. The van der Waals surface area contributed by atoms with Crippen molar-refractivity contribution < 1.29 is 19.4 Å². The summed E-state index contributed by atoms with van der Waals surface area (Å²) < 4.78 is 5.16. The highest BCUT2D eigenvalue weighted by Crippen LogP contribution is 2.27. The van der Waals surface area contributed by atoms with Crippen molar-refractivity contribution in [2.75, 3.05) is 5.32 Å². The molecule has 1 amide bonds. The maximum Gasteiger partial charge on any atom is 0.342 e. The number of nitrogens with one attached hydrogen (secondary N) is 1. The third kappa shape index (κ3) is 4.76. The van der Waals surface area contributed by atoms with Crippen LogP contribution in [0.1, 0.15) is 49.0 Å². The number of ether oxygens (including phenoxy) is 1. The van der Waals surface area contributed by atoms with E-state index in [0.717, 1.165) is 12.0 Å². The SMILES string of the molecule is CC[C@@H](C)c1ccccc1NC(=O)[C@@H](C)OC(=O)c1cc(Cl)ccc1O. The lowest BCUT2D eigenvalue weighted by molar-refractivity contribution is -0.123. The number of anilines is 1. The number of amides is 1. The van der Waals surface area contributed by atoms with Gasteiger partial charge in [-0.25, -0.2) is 4.79 Å². The number of hydrogen-bond acceptors (Lipinski definition) is 4. The van der Waals surface area contributed by atoms with Crippen molar-refractivity contribution in [1.82, 2.24) is 0 Å². The second-order valence-corrected chi connectivity index (χ2v) is 6.53. The number of aromatic hydroxyl groups is 1. The normalized spacial score (nSPS) is 12.9. The molecule has 2 N–H and O–H groups in total. The summed E-state index contributed by atoms with van der Waals surface area (Å²) in [5.41, 5.74) is 1.63. The maximum absolute atomic E-state index is 12.4. The molecule has 0 bridgehead atoms. The van der Waals surface area contributed by atoms with Gasteiger partial charge >= 0.3 is 5.97 Å². The van der Waals surface area contributed by atoms with Crippen molar-refractivity contribution >= 4 is 29.2 Å². The lowest BCUT2D eigenvalue weighted by Gasteiger charge is -2.18. The predicted octanol–water partition coefficient (Wildman–Crippen LogP) is 4.74. The van der Waals surface area contributed by atoms with Gasteiger partial charge in [-0.05, 0) is 49.1 Å². The number of esters is 1. The Labute approximate surface area is 157 Å². The number of carbonyl (C=O) groups is 2. The third-order valence-electron chi connectivity index (χ3n) is 4.19. The van der Waals surface area contributed by atoms with E-state index in [9.17, 15) is 14.7 Å². The van der Waals surface area contributed by atoms with Crippen LogP contribution in [0.25, 0.3) is 0 Å². The van der Waals surface area contributed by atoms with Gasteiger partial charge in [0.2, 0.25) is 0 Å². The zero-order valence-corrected chi connectivity index (χ0v) is 15.7. The summed E-state index contributed by atoms with van der Waals surface area (Å²) in [7, 11) is 0. The Balaban J connectivity index is 2.09. The highest BCUT2D eigenvalue weighted by atomic mass is 35.5. The lowest BCUT2D eigenvalue weighted by atomic mass is 9.97. The Bertz CT molecular complexity index is 806. The van der Waals surface area contributed by atoms with Crippen LogP contribution in [0.5, 0.6) is 5.75 Å². The van der Waals surface area contributed by atoms with Crippen LogP contribution in [0.4, 0.5) is 5.69 Å². The van der Waals surface area contributed by atoms with Crippen molar-refractivity contribution in [2.45, 2.75) is 39.2 Å². The van der Waals surface area contributed by atoms with Crippen molar-refractivity contribution in [3.05, 3.63) is 58.6 Å². The van der Waals surface area contributed by atoms with Crippen LogP contribution in [0.2, 0.25) is 5.02 Å². The molecule has 0 radical (unpaired) electrons. The van der Waals surface area contributed by atoms with Gasteiger partial charge in [-0.3, -0.25) is 4.79 Å². The smallest absolute Gasteiger partial charge is 0.342 e. The quantitative estimate of drug-likeness (QED) is 0.715. The Morgan fingerprint density at radius 1 is 1.19 bits per heavy atom. The molecule has 0 spiro atoms. The first-order valence-electron chi connectivity index (χ1n) is 8.42. The molecule has 0 aromatic heterocycles. The van der Waals surface area contributed by atoms with Crippen LogP contribution in [0.3, 0.4) is 0 Å². The van der Waals surface area contributed by atoms with Gasteiger partial charge in [0.25, 0.3) is 5.91 Å². The molecule has 0 saturated heterocycles. The molecule has 2 rings (SSSR count). The average molecular weight is 376 g/mol. The zero-order valence-electron chi connectivity index (χ0n) is 15.0. The van der Waals surface area contributed by atoms with Gasteiger partial charge in [0.1, 0.15) is 11.3 Å². The van der Waals surface area contributed by atoms with Crippen molar-refractivity contribution in [3.8, 4) is 5.75 Å². The lowest BCUT2D eigenvalue weighted by Crippen LogP contribution is -2.30. The molecule has 2 aromatic carbocycles. The van der Waals surface area contributed by atoms with Crippen molar-refractivity contribution in [3.63, 3.8) is 0 Å². The highest BCUT2D eigenvalue weighted by Gasteiger charge is 2.22. The molecular formula is C20H22ClNO4. The number of benzene rings is 2.